The summed E-state index contributed by atoms with van der Waals surface area (Å²) in [6.45, 7) is 2.38. The van der Waals surface area contributed by atoms with Gasteiger partial charge in [0.1, 0.15) is 6.54 Å². The quantitative estimate of drug-likeness (QED) is 0.907. The van der Waals surface area contributed by atoms with Crippen molar-refractivity contribution in [2.45, 2.75) is 26.1 Å². The van der Waals surface area contributed by atoms with Crippen LogP contribution < -0.4 is 4.90 Å². The summed E-state index contributed by atoms with van der Waals surface area (Å²) in [5.74, 6) is 0. The van der Waals surface area contributed by atoms with E-state index in [-0.39, 0.29) is 6.54 Å². The number of aliphatic hydroxyl groups is 1. The third kappa shape index (κ3) is 4.17. The molecule has 0 radical (unpaired) electrons. The van der Waals surface area contributed by atoms with Crippen molar-refractivity contribution in [1.82, 2.24) is 0 Å². The molecule has 0 aliphatic carbocycles. The van der Waals surface area contributed by atoms with Crippen molar-refractivity contribution < 1.29 is 18.3 Å². The largest absolute Gasteiger partial charge is 0.405 e. The second kappa shape index (κ2) is 5.93. The summed E-state index contributed by atoms with van der Waals surface area (Å²) in [6, 6.07) is 4.92. The number of alkyl halides is 3. The van der Waals surface area contributed by atoms with Crippen LogP contribution >= 0.6 is 15.9 Å². The van der Waals surface area contributed by atoms with Gasteiger partial charge in [-0.1, -0.05) is 22.0 Å². The standard InChI is InChI=1S/C12H15BrF3NO/c1-3-17(7-12(14,15)16)11-6-9(13)4-5-10(11)8(2)18/h4-6,8,18H,3,7H2,1-2H3. The number of rotatable bonds is 4. The Bertz CT molecular complexity index is 407. The average molecular weight is 326 g/mol. The fraction of sp³-hybridized carbons (Fsp3) is 0.500. The highest BCUT2D eigenvalue weighted by molar-refractivity contribution is 9.10. The summed E-state index contributed by atoms with van der Waals surface area (Å²) in [5, 5.41) is 9.61. The van der Waals surface area contributed by atoms with Crippen molar-refractivity contribution in [3.8, 4) is 0 Å². The van der Waals surface area contributed by atoms with Gasteiger partial charge in [0.25, 0.3) is 0 Å². The van der Waals surface area contributed by atoms with Gasteiger partial charge in [-0.25, -0.2) is 0 Å². The van der Waals surface area contributed by atoms with Gasteiger partial charge >= 0.3 is 6.18 Å². The number of nitrogens with zero attached hydrogens (tertiary/aromatic N) is 1. The van der Waals surface area contributed by atoms with Crippen LogP contribution in [-0.2, 0) is 0 Å². The Hall–Kier alpha value is -0.750. The van der Waals surface area contributed by atoms with Crippen molar-refractivity contribution in [2.24, 2.45) is 0 Å². The van der Waals surface area contributed by atoms with Gasteiger partial charge in [0.15, 0.2) is 0 Å². The van der Waals surface area contributed by atoms with Crippen LogP contribution in [0, 0.1) is 0 Å². The minimum Gasteiger partial charge on any atom is -0.389 e. The van der Waals surface area contributed by atoms with Crippen molar-refractivity contribution >= 4 is 21.6 Å². The zero-order chi connectivity index (χ0) is 13.9. The average Bonchev–Trinajstić information content (AvgIpc) is 2.24. The topological polar surface area (TPSA) is 23.5 Å². The highest BCUT2D eigenvalue weighted by Crippen LogP contribution is 2.31. The molecule has 0 aromatic heterocycles. The predicted octanol–water partition coefficient (Wildman–Crippen LogP) is 3.89. The lowest BCUT2D eigenvalue weighted by Crippen LogP contribution is -2.34. The molecule has 102 valence electrons. The summed E-state index contributed by atoms with van der Waals surface area (Å²) >= 11 is 3.23. The van der Waals surface area contributed by atoms with E-state index in [0.717, 1.165) is 0 Å². The monoisotopic (exact) mass is 325 g/mol. The first-order chi connectivity index (χ1) is 8.24. The first-order valence-corrected chi connectivity index (χ1v) is 6.33. The summed E-state index contributed by atoms with van der Waals surface area (Å²) in [6.07, 6.45) is -5.08. The molecule has 1 N–H and O–H groups in total. The molecule has 1 rings (SSSR count). The van der Waals surface area contributed by atoms with Crippen LogP contribution in [-0.4, -0.2) is 24.4 Å². The van der Waals surface area contributed by atoms with Gasteiger partial charge in [0.05, 0.1) is 6.10 Å². The van der Waals surface area contributed by atoms with Crippen molar-refractivity contribution in [1.29, 1.82) is 0 Å². The maximum absolute atomic E-state index is 12.5. The lowest BCUT2D eigenvalue weighted by molar-refractivity contribution is -0.119. The molecule has 1 aromatic carbocycles. The molecule has 2 nitrogen and oxygen atoms in total. The van der Waals surface area contributed by atoms with Crippen LogP contribution in [0.25, 0.3) is 0 Å². The molecule has 6 heteroatoms. The Morgan fingerprint density at radius 2 is 2.00 bits per heavy atom. The van der Waals surface area contributed by atoms with Crippen molar-refractivity contribution in [3.05, 3.63) is 28.2 Å². The maximum Gasteiger partial charge on any atom is 0.405 e. The van der Waals surface area contributed by atoms with Gasteiger partial charge in [-0.3, -0.25) is 0 Å². The van der Waals surface area contributed by atoms with Crippen LogP contribution in [0.5, 0.6) is 0 Å². The van der Waals surface area contributed by atoms with Crippen LogP contribution in [0.2, 0.25) is 0 Å². The zero-order valence-corrected chi connectivity index (χ0v) is 11.7. The maximum atomic E-state index is 12.5. The number of hydrogen-bond donors (Lipinski definition) is 1. The van der Waals surface area contributed by atoms with E-state index in [0.29, 0.717) is 15.7 Å². The van der Waals surface area contributed by atoms with Crippen LogP contribution in [0.4, 0.5) is 18.9 Å². The summed E-state index contributed by atoms with van der Waals surface area (Å²) < 4.78 is 38.2. The van der Waals surface area contributed by atoms with Gasteiger partial charge in [-0.2, -0.15) is 13.2 Å². The van der Waals surface area contributed by atoms with E-state index in [9.17, 15) is 18.3 Å². The van der Waals surface area contributed by atoms with Crippen LogP contribution in [0.1, 0.15) is 25.5 Å². The van der Waals surface area contributed by atoms with Gasteiger partial charge < -0.3 is 10.0 Å². The van der Waals surface area contributed by atoms with Crippen molar-refractivity contribution in [2.75, 3.05) is 18.0 Å². The SMILES string of the molecule is CCN(CC(F)(F)F)c1cc(Br)ccc1C(C)O. The van der Waals surface area contributed by atoms with Crippen LogP contribution in [0.3, 0.4) is 0 Å². The third-order valence-corrected chi connectivity index (χ3v) is 3.03. The number of benzene rings is 1. The molecule has 0 saturated heterocycles. The fourth-order valence-corrected chi connectivity index (χ4v) is 2.08. The third-order valence-electron chi connectivity index (χ3n) is 2.54. The van der Waals surface area contributed by atoms with E-state index in [1.807, 2.05) is 0 Å². The Morgan fingerprint density at radius 3 is 2.44 bits per heavy atom. The number of hydrogen-bond acceptors (Lipinski definition) is 2. The molecule has 0 amide bonds. The molecular weight excluding hydrogens is 311 g/mol. The van der Waals surface area contributed by atoms with Gasteiger partial charge in [0.2, 0.25) is 0 Å². The van der Waals surface area contributed by atoms with Gasteiger partial charge in [-0.05, 0) is 26.0 Å². The number of halogens is 4. The first kappa shape index (κ1) is 15.3. The second-order valence-electron chi connectivity index (χ2n) is 4.01. The van der Waals surface area contributed by atoms with Gasteiger partial charge in [-0.15, -0.1) is 0 Å². The highest BCUT2D eigenvalue weighted by atomic mass is 79.9. The molecule has 1 atom stereocenters. The Kier molecular flexibility index (Phi) is 5.04. The molecule has 0 spiro atoms. The van der Waals surface area contributed by atoms with Crippen molar-refractivity contribution in [3.63, 3.8) is 0 Å². The second-order valence-corrected chi connectivity index (χ2v) is 4.92. The summed E-state index contributed by atoms with van der Waals surface area (Å²) in [5.41, 5.74) is 0.892. The lowest BCUT2D eigenvalue weighted by atomic mass is 10.1. The van der Waals surface area contributed by atoms with E-state index in [1.54, 1.807) is 25.1 Å². The number of aliphatic hydroxyl groups excluding tert-OH is 1. The minimum atomic E-state index is -4.27. The fourth-order valence-electron chi connectivity index (χ4n) is 1.73. The summed E-state index contributed by atoms with van der Waals surface area (Å²) in [7, 11) is 0. The Morgan fingerprint density at radius 1 is 1.39 bits per heavy atom. The van der Waals surface area contributed by atoms with Gasteiger partial charge in [0, 0.05) is 22.3 Å². The number of anilines is 1. The van der Waals surface area contributed by atoms with Crippen LogP contribution in [0.15, 0.2) is 22.7 Å². The van der Waals surface area contributed by atoms with E-state index < -0.39 is 18.8 Å². The smallest absolute Gasteiger partial charge is 0.389 e. The molecule has 0 heterocycles. The molecule has 0 fully saturated rings. The normalized spacial score (nSPS) is 13.5. The minimum absolute atomic E-state index is 0.218. The molecule has 0 bridgehead atoms. The Labute approximate surface area is 113 Å². The summed E-state index contributed by atoms with van der Waals surface area (Å²) in [4.78, 5) is 1.20. The molecular formula is C12H15BrF3NO. The highest BCUT2D eigenvalue weighted by Gasteiger charge is 2.31. The molecule has 1 aromatic rings. The molecule has 0 saturated carbocycles. The lowest BCUT2D eigenvalue weighted by Gasteiger charge is -2.27. The van der Waals surface area contributed by atoms with E-state index >= 15 is 0 Å². The molecule has 0 aliphatic heterocycles. The van der Waals surface area contributed by atoms with E-state index in [2.05, 4.69) is 15.9 Å². The Balaban J connectivity index is 3.15. The first-order valence-electron chi connectivity index (χ1n) is 5.53. The van der Waals surface area contributed by atoms with E-state index in [1.165, 1.54) is 11.8 Å². The molecule has 1 unspecified atom stereocenters. The molecule has 0 aliphatic rings. The predicted molar refractivity (Wildman–Crippen MR) is 68.7 cm³/mol. The zero-order valence-electron chi connectivity index (χ0n) is 10.1. The van der Waals surface area contributed by atoms with E-state index in [4.69, 9.17) is 0 Å². The molecule has 18 heavy (non-hydrogen) atoms.